The third-order valence-corrected chi connectivity index (χ3v) is 25.0. The van der Waals surface area contributed by atoms with Crippen LogP contribution in [0.5, 0.6) is 23.0 Å². The van der Waals surface area contributed by atoms with Gasteiger partial charge in [-0.1, -0.05) is 64.8 Å². The van der Waals surface area contributed by atoms with E-state index in [9.17, 15) is 123 Å². The van der Waals surface area contributed by atoms with E-state index in [0.29, 0.717) is 127 Å². The van der Waals surface area contributed by atoms with E-state index in [-0.39, 0.29) is 190 Å². The molecule has 3 fully saturated rings. The van der Waals surface area contributed by atoms with Crippen molar-refractivity contribution >= 4 is 82.5 Å². The predicted molar refractivity (Wildman–Crippen MR) is 500 cm³/mol. The fraction of sp³-hybridized carbons (Fsp3) is 0.558. The van der Waals surface area contributed by atoms with Gasteiger partial charge in [0.05, 0.1) is 56.5 Å². The van der Waals surface area contributed by atoms with E-state index >= 15 is 0 Å². The summed E-state index contributed by atoms with van der Waals surface area (Å²) in [5.74, 6) is -13.3. The first-order valence-corrected chi connectivity index (χ1v) is 47.0. The zero-order chi connectivity index (χ0) is 101. The summed E-state index contributed by atoms with van der Waals surface area (Å²) in [5, 5.41) is 141. The Labute approximate surface area is 799 Å². The van der Waals surface area contributed by atoms with Gasteiger partial charge in [0, 0.05) is 212 Å². The van der Waals surface area contributed by atoms with Gasteiger partial charge >= 0.3 is 23.9 Å². The predicted octanol–water partition coefficient (Wildman–Crippen LogP) is 2.58. The Morgan fingerprint density at radius 2 is 0.841 bits per heavy atom. The summed E-state index contributed by atoms with van der Waals surface area (Å²) in [6, 6.07) is 16.0. The first-order valence-electron chi connectivity index (χ1n) is 47.0. The number of carboxylic acids is 4. The van der Waals surface area contributed by atoms with E-state index in [0.717, 1.165) is 11.1 Å². The number of rotatable bonds is 51. The number of hydrogen-bond acceptors (Lipinski definition) is 31. The van der Waals surface area contributed by atoms with Crippen LogP contribution in [0.15, 0.2) is 72.8 Å². The van der Waals surface area contributed by atoms with E-state index in [1.54, 1.807) is 44.9 Å². The van der Waals surface area contributed by atoms with Crippen molar-refractivity contribution in [3.8, 4) is 57.1 Å². The molecule has 3 aliphatic heterocycles. The Balaban J connectivity index is 0.764. The van der Waals surface area contributed by atoms with Crippen LogP contribution in [-0.2, 0) is 70.6 Å². The van der Waals surface area contributed by atoms with Crippen LogP contribution in [0.3, 0.4) is 0 Å². The fourth-order valence-corrected chi connectivity index (χ4v) is 17.2. The second-order valence-corrected chi connectivity index (χ2v) is 35.8. The number of aromatic hydroxyl groups is 4. The minimum absolute atomic E-state index is 0.00764. The lowest BCUT2D eigenvalue weighted by Gasteiger charge is -2.36. The molecule has 6 aromatic rings. The number of piperazine rings is 2. The first kappa shape index (κ1) is 109. The number of carbonyl (C=O) groups is 14. The van der Waals surface area contributed by atoms with E-state index in [1.165, 1.54) is 31.7 Å². The SMILES string of the molecule is CCNC(=O)c1nnc(-c2cc(C(C)C)c(O)cc2O)n1-c1ccc(CN2CCN(C(=O)CCC(=O)C[C@@H](CCCCCC(=O)CCCC(=O)[C@@H](CO)NC(=O)[C@@H](CO)CC(=O)[C@@H](CO)NC(=O)CC[C@H](C(=O)O)N3CCN(CC(=O)O)CCN(CC(=O)O)CCN(CC(=O)O)CC3)C(=O)N3CCN(Cc4ccc(-n5c(C(=O)NCC)nnc5-c5cc(C(C)C)c(O)cc5O)cc4)CC3)CC2)cc1. The first-order chi connectivity index (χ1) is 65.9. The molecule has 0 bridgehead atoms. The Hall–Kier alpha value is -12.6. The molecule has 2 aromatic heterocycles. The number of carbonyl (C=O) groups excluding carboxylic acids is 10. The molecule has 0 spiro atoms. The number of carboxylic acid groups (broad SMARTS) is 4. The quantitative estimate of drug-likeness (QED) is 0.0244. The van der Waals surface area contributed by atoms with Crippen molar-refractivity contribution in [2.45, 2.75) is 174 Å². The summed E-state index contributed by atoms with van der Waals surface area (Å²) in [4.78, 5) is 199. The van der Waals surface area contributed by atoms with Crippen molar-refractivity contribution in [1.82, 2.24) is 90.0 Å². The second-order valence-electron chi connectivity index (χ2n) is 35.8. The summed E-state index contributed by atoms with van der Waals surface area (Å²) in [6.45, 7) is 12.1. The van der Waals surface area contributed by atoms with Crippen LogP contribution < -0.4 is 21.3 Å². The molecule has 3 aliphatic rings. The average molecular weight is 1930 g/mol. The second kappa shape index (κ2) is 53.4. The van der Waals surface area contributed by atoms with Crippen LogP contribution in [-0.4, -0.2) is 383 Å². The third-order valence-electron chi connectivity index (χ3n) is 25.0. The number of aromatic nitrogens is 6. The van der Waals surface area contributed by atoms with Gasteiger partial charge in [0.15, 0.2) is 23.2 Å². The number of amides is 6. The largest absolute Gasteiger partial charge is 0.508 e. The molecule has 0 radical (unpaired) electrons. The number of aliphatic carboxylic acids is 4. The van der Waals surface area contributed by atoms with Gasteiger partial charge in [-0.05, 0) is 110 Å². The van der Waals surface area contributed by atoms with Crippen LogP contribution in [0, 0.1) is 11.8 Å². The average Bonchev–Trinajstić information content (AvgIpc) is 1.61. The van der Waals surface area contributed by atoms with Crippen LogP contribution in [0.2, 0.25) is 0 Å². The normalized spacial score (nSPS) is 15.9. The molecule has 5 atom stereocenters. The van der Waals surface area contributed by atoms with Gasteiger partial charge in [0.25, 0.3) is 11.8 Å². The molecule has 43 heteroatoms. The van der Waals surface area contributed by atoms with Gasteiger partial charge in [-0.3, -0.25) is 106 Å². The maximum atomic E-state index is 14.8. The van der Waals surface area contributed by atoms with E-state index in [2.05, 4.69) is 51.5 Å². The molecule has 15 N–H and O–H groups in total. The van der Waals surface area contributed by atoms with Gasteiger partial charge < -0.3 is 87.2 Å². The summed E-state index contributed by atoms with van der Waals surface area (Å²) in [5.41, 5.74) is 4.56. The fourth-order valence-electron chi connectivity index (χ4n) is 17.2. The molecule has 6 amide bonds. The van der Waals surface area contributed by atoms with E-state index in [4.69, 9.17) is 0 Å². The molecule has 0 unspecified atom stereocenters. The minimum atomic E-state index is -1.66. The number of unbranched alkanes of at least 4 members (excludes halogenated alkanes) is 2. The molecular weight excluding hydrogens is 1790 g/mol. The summed E-state index contributed by atoms with van der Waals surface area (Å²) in [6.07, 6.45) is -0.619. The van der Waals surface area contributed by atoms with Crippen LogP contribution >= 0.6 is 0 Å². The van der Waals surface area contributed by atoms with Gasteiger partial charge in [-0.25, -0.2) is 0 Å². The Morgan fingerprint density at radius 3 is 1.27 bits per heavy atom. The Kier molecular flexibility index (Phi) is 42.2. The lowest BCUT2D eigenvalue weighted by Crippen LogP contribution is -2.52. The smallest absolute Gasteiger partial charge is 0.320 e. The van der Waals surface area contributed by atoms with Crippen molar-refractivity contribution in [2.75, 3.05) is 157 Å². The highest BCUT2D eigenvalue weighted by molar-refractivity contribution is 5.96. The van der Waals surface area contributed by atoms with Gasteiger partial charge in [-0.2, -0.15) is 0 Å². The number of phenolic OH excluding ortho intramolecular Hbond substituents is 4. The zero-order valence-electron chi connectivity index (χ0n) is 79.1. The number of nitrogens with one attached hydrogen (secondary N) is 4. The number of hydrogen-bond donors (Lipinski definition) is 15. The molecule has 752 valence electrons. The monoisotopic (exact) mass is 1920 g/mol. The van der Waals surface area contributed by atoms with Crippen molar-refractivity contribution in [1.29, 1.82) is 0 Å². The topological polar surface area (TPSA) is 597 Å². The lowest BCUT2D eigenvalue weighted by molar-refractivity contribution is -0.145. The lowest BCUT2D eigenvalue weighted by atomic mass is 9.92. The molecule has 43 nitrogen and oxygen atoms in total. The summed E-state index contributed by atoms with van der Waals surface area (Å²) in [7, 11) is 0. The molecular formula is C95H132N18O25. The zero-order valence-corrected chi connectivity index (χ0v) is 79.1. The number of aliphatic hydroxyl groups excluding tert-OH is 3. The molecule has 0 saturated carbocycles. The van der Waals surface area contributed by atoms with Crippen molar-refractivity contribution in [3.63, 3.8) is 0 Å². The third kappa shape index (κ3) is 31.7. The molecule has 9 rings (SSSR count). The van der Waals surface area contributed by atoms with Crippen molar-refractivity contribution < 1.29 is 123 Å². The molecule has 5 heterocycles. The van der Waals surface area contributed by atoms with Gasteiger partial charge in [0.1, 0.15) is 52.7 Å². The number of phenols is 4. The number of nitrogens with zero attached hydrogens (tertiary/aromatic N) is 14. The maximum Gasteiger partial charge on any atom is 0.320 e. The number of ketones is 4. The highest BCUT2D eigenvalue weighted by Gasteiger charge is 2.37. The number of aliphatic hydroxyl groups is 3. The Morgan fingerprint density at radius 1 is 0.406 bits per heavy atom. The highest BCUT2D eigenvalue weighted by atomic mass is 16.4. The van der Waals surface area contributed by atoms with Crippen LogP contribution in [0.4, 0.5) is 0 Å². The summed E-state index contributed by atoms with van der Waals surface area (Å²) < 4.78 is 3.10. The van der Waals surface area contributed by atoms with Gasteiger partial charge in [-0.15, -0.1) is 20.4 Å². The van der Waals surface area contributed by atoms with Gasteiger partial charge in [0.2, 0.25) is 35.3 Å². The highest BCUT2D eigenvalue weighted by Crippen LogP contribution is 2.41. The molecule has 0 aliphatic carbocycles. The van der Waals surface area contributed by atoms with Crippen molar-refractivity contribution in [3.05, 3.63) is 107 Å². The van der Waals surface area contributed by atoms with E-state index in [1.807, 2.05) is 76.2 Å². The number of Topliss-reactive ketones (excluding diaryl/α,β-unsaturated/α-hetero) is 4. The van der Waals surface area contributed by atoms with Crippen LogP contribution in [0.1, 0.15) is 187 Å². The molecule has 3 saturated heterocycles. The minimum Gasteiger partial charge on any atom is -0.508 e. The Bertz CT molecular complexity index is 5170. The van der Waals surface area contributed by atoms with E-state index < -0.39 is 148 Å². The molecule has 138 heavy (non-hydrogen) atoms. The number of benzene rings is 4. The standard InChI is InChI=1S/C95H132N18O25/c1-7-96-92(134)89-102-100-87(71-47-69(59(3)4)77(120)49-79(71)122)112(89)65-21-17-61(18-22-65)51-104-35-41-110(42-36-104)83(126)28-25-68(118)45-63(94(136)111-43-37-105(38-44-111)52-62-19-23-66(24-20-62)113-88(101-103-90(113)93(135)97-8-2)72-48-70(60(5)6)78(121)50-80(72)123)13-10-9-11-14-67(117)15-12-16-76(119)73(57-115)99-91(133)64(56-114)46-81(124)74(58-116)98-82(125)27-26-75(95(137)138)109-39-33-107(54-85(129)130)31-29-106(53-84(127)128)30-32-108(34-40-109)55-86(131)132/h17-24,47-50,59-60,63-64,73-75,114-116,120-123H,7-16,25-46,51-58H2,1-6H3,(H,96,134)(H,97,135)(H,98,125)(H,99,133)(H,127,128)(H,129,130)(H,131,132)(H,137,138)/t63-,64-,73-,74-,75-/m1/s1. The van der Waals surface area contributed by atoms with Crippen LogP contribution in [0.25, 0.3) is 34.2 Å². The summed E-state index contributed by atoms with van der Waals surface area (Å²) >= 11 is 0. The van der Waals surface area contributed by atoms with Crippen molar-refractivity contribution in [2.24, 2.45) is 11.8 Å². The molecule has 4 aromatic carbocycles. The maximum absolute atomic E-state index is 14.8.